The first-order valence-corrected chi connectivity index (χ1v) is 10.8. The van der Waals surface area contributed by atoms with E-state index in [1.165, 1.54) is 40.7 Å². The molecule has 0 radical (unpaired) electrons. The smallest absolute Gasteiger partial charge is 0.142 e. The van der Waals surface area contributed by atoms with E-state index in [9.17, 15) is 5.11 Å². The molecule has 0 amide bonds. The van der Waals surface area contributed by atoms with Crippen molar-refractivity contribution in [2.24, 2.45) is 5.92 Å². The Hall–Kier alpha value is -1.48. The number of aliphatic hydroxyl groups excluding tert-OH is 1. The molecule has 0 saturated heterocycles. The van der Waals surface area contributed by atoms with Gasteiger partial charge in [-0.05, 0) is 87.3 Å². The topological polar surface area (TPSA) is 52.5 Å². The Bertz CT molecular complexity index is 718. The number of nitrogens with one attached hydrogen (secondary N) is 1. The van der Waals surface area contributed by atoms with Crippen molar-refractivity contribution >= 4 is 5.69 Å². The van der Waals surface area contributed by atoms with Gasteiger partial charge in [-0.3, -0.25) is 0 Å². The molecule has 1 aromatic rings. The summed E-state index contributed by atoms with van der Waals surface area (Å²) in [6.07, 6.45) is 7.74. The number of hydrogen-bond donors (Lipinski definition) is 3. The summed E-state index contributed by atoms with van der Waals surface area (Å²) in [6, 6.07) is 0. The van der Waals surface area contributed by atoms with Crippen molar-refractivity contribution in [3.8, 4) is 5.75 Å². The number of benzene rings is 1. The van der Waals surface area contributed by atoms with Crippen molar-refractivity contribution in [3.63, 3.8) is 0 Å². The number of phenolic OH excluding ortho intramolecular Hbond substituents is 1. The Balaban J connectivity index is 2.15. The molecule has 27 heavy (non-hydrogen) atoms. The van der Waals surface area contributed by atoms with Gasteiger partial charge in [0, 0.05) is 24.6 Å². The lowest BCUT2D eigenvalue weighted by Gasteiger charge is -2.43. The fourth-order valence-electron chi connectivity index (χ4n) is 5.49. The highest BCUT2D eigenvalue weighted by atomic mass is 16.3. The average molecular weight is 372 g/mol. The van der Waals surface area contributed by atoms with Crippen molar-refractivity contribution in [2.45, 2.75) is 84.5 Å². The van der Waals surface area contributed by atoms with Crippen LogP contribution in [0.25, 0.3) is 0 Å². The first-order chi connectivity index (χ1) is 12.9. The fraction of sp³-hybridized carbons (Fsp3) is 0.667. The Morgan fingerprint density at radius 3 is 2.52 bits per heavy atom. The summed E-state index contributed by atoms with van der Waals surface area (Å²) >= 11 is 0. The number of allylic oxidation sites excluding steroid dienone is 2. The van der Waals surface area contributed by atoms with Crippen LogP contribution in [0.1, 0.15) is 99.8 Å². The van der Waals surface area contributed by atoms with Crippen LogP contribution in [-0.4, -0.2) is 23.4 Å². The van der Waals surface area contributed by atoms with Gasteiger partial charge in [0.05, 0.1) is 5.69 Å². The largest absolute Gasteiger partial charge is 0.505 e. The van der Waals surface area contributed by atoms with Gasteiger partial charge in [0.25, 0.3) is 0 Å². The van der Waals surface area contributed by atoms with E-state index in [0.29, 0.717) is 29.4 Å². The van der Waals surface area contributed by atoms with Crippen LogP contribution in [0.5, 0.6) is 5.75 Å². The lowest BCUT2D eigenvalue weighted by molar-refractivity contribution is 0.286. The minimum atomic E-state index is 0.224. The SMILES string of the molecule is CC(C)=C[C@@H]1C[C@H](C)C2CC[C@H](C)c3c(O)c(NCCCCO)c(C)c1c32. The molecule has 2 aliphatic carbocycles. The first kappa shape index (κ1) is 20.3. The maximum atomic E-state index is 11.2. The van der Waals surface area contributed by atoms with Crippen molar-refractivity contribution in [1.82, 2.24) is 0 Å². The zero-order valence-electron chi connectivity index (χ0n) is 17.7. The Labute approximate surface area is 164 Å². The molecule has 0 fully saturated rings. The van der Waals surface area contributed by atoms with E-state index in [4.69, 9.17) is 5.11 Å². The Morgan fingerprint density at radius 2 is 1.85 bits per heavy atom. The predicted molar refractivity (Wildman–Crippen MR) is 114 cm³/mol. The van der Waals surface area contributed by atoms with Crippen molar-refractivity contribution < 1.29 is 10.2 Å². The van der Waals surface area contributed by atoms with Crippen LogP contribution in [0.3, 0.4) is 0 Å². The highest BCUT2D eigenvalue weighted by molar-refractivity contribution is 5.72. The lowest BCUT2D eigenvalue weighted by atomic mass is 9.62. The molecule has 150 valence electrons. The Kier molecular flexibility index (Phi) is 6.20. The van der Waals surface area contributed by atoms with Crippen LogP contribution in [0.4, 0.5) is 5.69 Å². The van der Waals surface area contributed by atoms with Gasteiger partial charge in [0.1, 0.15) is 5.75 Å². The van der Waals surface area contributed by atoms with Gasteiger partial charge in [-0.2, -0.15) is 0 Å². The molecule has 2 aliphatic rings. The second-order valence-corrected chi connectivity index (χ2v) is 9.10. The van der Waals surface area contributed by atoms with E-state index < -0.39 is 0 Å². The van der Waals surface area contributed by atoms with Gasteiger partial charge in [-0.25, -0.2) is 0 Å². The van der Waals surface area contributed by atoms with Crippen LogP contribution >= 0.6 is 0 Å². The molecule has 0 bridgehead atoms. The average Bonchev–Trinajstić information content (AvgIpc) is 2.59. The van der Waals surface area contributed by atoms with E-state index in [1.807, 2.05) is 0 Å². The normalized spacial score (nSPS) is 26.4. The standard InChI is InChI=1S/C24H37NO2/c1-14(2)12-18-13-16(4)19-9-8-15(3)20-22(19)21(18)17(5)23(24(20)27)25-10-6-7-11-26/h12,15-16,18-19,25-27H,6-11,13H2,1-5H3/t15-,16-,18+,19?/m0/s1. The molecule has 0 aliphatic heterocycles. The number of unbranched alkanes of at least 4 members (excludes halogenated alkanes) is 1. The molecular weight excluding hydrogens is 334 g/mol. The van der Waals surface area contributed by atoms with E-state index in [1.54, 1.807) is 0 Å². The first-order valence-electron chi connectivity index (χ1n) is 10.8. The molecule has 0 aromatic heterocycles. The summed E-state index contributed by atoms with van der Waals surface area (Å²) in [5.41, 5.74) is 7.66. The summed E-state index contributed by atoms with van der Waals surface area (Å²) < 4.78 is 0. The number of anilines is 1. The summed E-state index contributed by atoms with van der Waals surface area (Å²) in [4.78, 5) is 0. The van der Waals surface area contributed by atoms with Gasteiger partial charge in [-0.1, -0.05) is 25.5 Å². The zero-order valence-corrected chi connectivity index (χ0v) is 17.7. The Morgan fingerprint density at radius 1 is 1.11 bits per heavy atom. The minimum Gasteiger partial charge on any atom is -0.505 e. The van der Waals surface area contributed by atoms with Crippen molar-refractivity contribution in [1.29, 1.82) is 0 Å². The zero-order chi connectivity index (χ0) is 19.7. The molecular formula is C24H37NO2. The molecule has 1 aromatic carbocycles. The molecule has 3 rings (SSSR count). The van der Waals surface area contributed by atoms with Crippen LogP contribution in [-0.2, 0) is 0 Å². The molecule has 4 atom stereocenters. The summed E-state index contributed by atoms with van der Waals surface area (Å²) in [6.45, 7) is 12.2. The molecule has 0 saturated carbocycles. The third-order valence-corrected chi connectivity index (χ3v) is 6.73. The van der Waals surface area contributed by atoms with Gasteiger partial charge in [-0.15, -0.1) is 0 Å². The van der Waals surface area contributed by atoms with E-state index in [0.717, 1.165) is 31.5 Å². The maximum Gasteiger partial charge on any atom is 0.142 e. The van der Waals surface area contributed by atoms with Gasteiger partial charge in [0.15, 0.2) is 0 Å². The second-order valence-electron chi connectivity index (χ2n) is 9.10. The third-order valence-electron chi connectivity index (χ3n) is 6.73. The molecule has 3 N–H and O–H groups in total. The molecule has 0 heterocycles. The van der Waals surface area contributed by atoms with Crippen LogP contribution < -0.4 is 5.32 Å². The van der Waals surface area contributed by atoms with Crippen LogP contribution in [0, 0.1) is 12.8 Å². The second kappa shape index (κ2) is 8.26. The van der Waals surface area contributed by atoms with Gasteiger partial charge >= 0.3 is 0 Å². The minimum absolute atomic E-state index is 0.224. The van der Waals surface area contributed by atoms with E-state index >= 15 is 0 Å². The number of aliphatic hydroxyl groups is 1. The quantitative estimate of drug-likeness (QED) is 0.329. The molecule has 3 nitrogen and oxygen atoms in total. The summed E-state index contributed by atoms with van der Waals surface area (Å²) in [7, 11) is 0. The predicted octanol–water partition coefficient (Wildman–Crippen LogP) is 5.96. The third kappa shape index (κ3) is 3.76. The monoisotopic (exact) mass is 371 g/mol. The number of hydrogen-bond acceptors (Lipinski definition) is 3. The molecule has 0 spiro atoms. The molecule has 1 unspecified atom stereocenters. The van der Waals surface area contributed by atoms with Gasteiger partial charge in [0.2, 0.25) is 0 Å². The van der Waals surface area contributed by atoms with Crippen molar-refractivity contribution in [3.05, 3.63) is 33.9 Å². The maximum absolute atomic E-state index is 11.2. The van der Waals surface area contributed by atoms with Crippen molar-refractivity contribution in [2.75, 3.05) is 18.5 Å². The summed E-state index contributed by atoms with van der Waals surface area (Å²) in [5.74, 6) is 2.58. The van der Waals surface area contributed by atoms with Crippen LogP contribution in [0.15, 0.2) is 11.6 Å². The van der Waals surface area contributed by atoms with Gasteiger partial charge < -0.3 is 15.5 Å². The lowest BCUT2D eigenvalue weighted by Crippen LogP contribution is -2.28. The highest BCUT2D eigenvalue weighted by Gasteiger charge is 2.40. The fourth-order valence-corrected chi connectivity index (χ4v) is 5.49. The molecule has 3 heteroatoms. The van der Waals surface area contributed by atoms with E-state index in [2.05, 4.69) is 46.0 Å². The number of phenols is 1. The number of aromatic hydroxyl groups is 1. The summed E-state index contributed by atoms with van der Waals surface area (Å²) in [5, 5.41) is 23.8. The van der Waals surface area contributed by atoms with E-state index in [-0.39, 0.29) is 6.61 Å². The number of rotatable bonds is 6. The van der Waals surface area contributed by atoms with Crippen LogP contribution in [0.2, 0.25) is 0 Å². The highest BCUT2D eigenvalue weighted by Crippen LogP contribution is 2.57.